The smallest absolute Gasteiger partial charge is 0.230 e. The van der Waals surface area contributed by atoms with Gasteiger partial charge in [-0.3, -0.25) is 14.6 Å². The van der Waals surface area contributed by atoms with Crippen LogP contribution in [0.3, 0.4) is 0 Å². The Morgan fingerprint density at radius 2 is 1.61 bits per heavy atom. The summed E-state index contributed by atoms with van der Waals surface area (Å²) < 4.78 is 13.6. The fourth-order valence-electron chi connectivity index (χ4n) is 8.83. The molecule has 4 N–H and O–H groups in total. The second-order valence-corrected chi connectivity index (χ2v) is 12.5. The van der Waals surface area contributed by atoms with Crippen molar-refractivity contribution in [3.63, 3.8) is 0 Å². The molecular weight excluding hydrogens is 479 g/mol. The summed E-state index contributed by atoms with van der Waals surface area (Å²) in [4.78, 5) is 31.2. The number of nitrogens with one attached hydrogen (secondary N) is 2. The maximum absolute atomic E-state index is 13.7. The van der Waals surface area contributed by atoms with E-state index in [-0.39, 0.29) is 29.1 Å². The van der Waals surface area contributed by atoms with Crippen LogP contribution in [0.5, 0.6) is 0 Å². The van der Waals surface area contributed by atoms with Crippen molar-refractivity contribution in [1.82, 2.24) is 10.3 Å². The number of benzene rings is 1. The SMILES string of the molecule is NC(CNC(=O)C1(c2ccc(F)cc2)CCCCC1)C1C2CC3CC1CC(C(=O)Nc1ccncc1)(C3)C2. The lowest BCUT2D eigenvalue weighted by atomic mass is 9.45. The van der Waals surface area contributed by atoms with Crippen molar-refractivity contribution in [2.75, 3.05) is 11.9 Å². The highest BCUT2D eigenvalue weighted by molar-refractivity contribution is 5.95. The van der Waals surface area contributed by atoms with Gasteiger partial charge >= 0.3 is 0 Å². The van der Waals surface area contributed by atoms with E-state index in [0.29, 0.717) is 30.2 Å². The molecule has 5 fully saturated rings. The van der Waals surface area contributed by atoms with E-state index in [1.165, 1.54) is 12.1 Å². The molecule has 202 valence electrons. The van der Waals surface area contributed by atoms with Gasteiger partial charge in [-0.2, -0.15) is 0 Å². The van der Waals surface area contributed by atoms with Crippen molar-refractivity contribution in [3.8, 4) is 0 Å². The van der Waals surface area contributed by atoms with Gasteiger partial charge in [0.05, 0.1) is 10.8 Å². The van der Waals surface area contributed by atoms with Crippen molar-refractivity contribution < 1.29 is 14.0 Å². The Kier molecular flexibility index (Phi) is 6.75. The van der Waals surface area contributed by atoms with Crippen LogP contribution in [-0.4, -0.2) is 29.4 Å². The van der Waals surface area contributed by atoms with Crippen LogP contribution in [0.2, 0.25) is 0 Å². The van der Waals surface area contributed by atoms with Gasteiger partial charge in [-0.05, 0) is 98.4 Å². The van der Waals surface area contributed by atoms with E-state index in [0.717, 1.165) is 75.5 Å². The minimum absolute atomic E-state index is 0.0243. The Hall–Kier alpha value is -2.80. The van der Waals surface area contributed by atoms with Crippen LogP contribution in [0.25, 0.3) is 0 Å². The van der Waals surface area contributed by atoms with Gasteiger partial charge in [0.1, 0.15) is 5.82 Å². The van der Waals surface area contributed by atoms with E-state index in [2.05, 4.69) is 15.6 Å². The maximum Gasteiger partial charge on any atom is 0.230 e. The highest BCUT2D eigenvalue weighted by Crippen LogP contribution is 2.63. The average molecular weight is 519 g/mol. The van der Waals surface area contributed by atoms with E-state index >= 15 is 0 Å². The molecule has 1 heterocycles. The molecule has 7 rings (SSSR count). The summed E-state index contributed by atoms with van der Waals surface area (Å²) in [7, 11) is 0. The zero-order valence-electron chi connectivity index (χ0n) is 22.0. The Labute approximate surface area is 224 Å². The second-order valence-electron chi connectivity index (χ2n) is 12.5. The quantitative estimate of drug-likeness (QED) is 0.483. The maximum atomic E-state index is 13.7. The molecule has 7 heteroatoms. The van der Waals surface area contributed by atoms with Crippen LogP contribution >= 0.6 is 0 Å². The topological polar surface area (TPSA) is 97.1 Å². The molecule has 5 aliphatic carbocycles. The third kappa shape index (κ3) is 4.53. The van der Waals surface area contributed by atoms with E-state index < -0.39 is 5.41 Å². The van der Waals surface area contributed by atoms with Gasteiger partial charge in [-0.15, -0.1) is 0 Å². The number of carbonyl (C=O) groups is 2. The third-order valence-electron chi connectivity index (χ3n) is 10.3. The summed E-state index contributed by atoms with van der Waals surface area (Å²) in [5.74, 6) is 1.61. The zero-order valence-corrected chi connectivity index (χ0v) is 22.0. The summed E-state index contributed by atoms with van der Waals surface area (Å²) in [5.41, 5.74) is 7.64. The van der Waals surface area contributed by atoms with Gasteiger partial charge in [0.2, 0.25) is 11.8 Å². The molecule has 3 atom stereocenters. The van der Waals surface area contributed by atoms with Crippen molar-refractivity contribution >= 4 is 17.5 Å². The highest BCUT2D eigenvalue weighted by atomic mass is 19.1. The number of nitrogens with two attached hydrogens (primary N) is 1. The molecule has 1 aromatic carbocycles. The van der Waals surface area contributed by atoms with Crippen LogP contribution in [0.4, 0.5) is 10.1 Å². The largest absolute Gasteiger partial charge is 0.354 e. The first-order valence-electron chi connectivity index (χ1n) is 14.4. The molecule has 0 spiro atoms. The molecule has 38 heavy (non-hydrogen) atoms. The first-order valence-corrected chi connectivity index (χ1v) is 14.4. The van der Waals surface area contributed by atoms with Crippen LogP contribution in [0, 0.1) is 34.9 Å². The molecule has 0 aliphatic heterocycles. The molecule has 1 aromatic heterocycles. The Morgan fingerprint density at radius 1 is 0.947 bits per heavy atom. The number of aromatic nitrogens is 1. The Bertz CT molecular complexity index is 1150. The number of nitrogens with zero attached hydrogens (tertiary/aromatic N) is 1. The first-order chi connectivity index (χ1) is 18.4. The minimum atomic E-state index is -0.606. The molecule has 3 unspecified atom stereocenters. The first kappa shape index (κ1) is 25.5. The number of halogens is 1. The Morgan fingerprint density at radius 3 is 2.26 bits per heavy atom. The number of carbonyl (C=O) groups excluding carboxylic acids is 2. The van der Waals surface area contributed by atoms with Crippen molar-refractivity contribution in [2.45, 2.75) is 75.7 Å². The lowest BCUT2D eigenvalue weighted by Crippen LogP contribution is -2.60. The fourth-order valence-corrected chi connectivity index (χ4v) is 8.83. The van der Waals surface area contributed by atoms with Gasteiger partial charge in [-0.1, -0.05) is 31.4 Å². The van der Waals surface area contributed by atoms with Crippen LogP contribution in [0.1, 0.15) is 69.8 Å². The van der Waals surface area contributed by atoms with E-state index in [9.17, 15) is 14.0 Å². The summed E-state index contributed by atoms with van der Waals surface area (Å²) in [6.07, 6.45) is 13.1. The summed E-state index contributed by atoms with van der Waals surface area (Å²) in [6.45, 7) is 0.445. The van der Waals surface area contributed by atoms with Gasteiger partial charge < -0.3 is 16.4 Å². The monoisotopic (exact) mass is 518 g/mol. The lowest BCUT2D eigenvalue weighted by molar-refractivity contribution is -0.149. The van der Waals surface area contributed by atoms with Gasteiger partial charge in [0, 0.05) is 30.7 Å². The van der Waals surface area contributed by atoms with Crippen molar-refractivity contribution in [2.24, 2.45) is 34.8 Å². The van der Waals surface area contributed by atoms with Crippen molar-refractivity contribution in [1.29, 1.82) is 0 Å². The number of hydrogen-bond donors (Lipinski definition) is 3. The van der Waals surface area contributed by atoms with Crippen molar-refractivity contribution in [3.05, 3.63) is 60.2 Å². The number of amides is 2. The molecule has 0 saturated heterocycles. The summed E-state index contributed by atoms with van der Waals surface area (Å²) >= 11 is 0. The summed E-state index contributed by atoms with van der Waals surface area (Å²) in [5, 5.41) is 6.39. The standard InChI is InChI=1S/C31H39FN4O2/c32-24-6-4-23(5-7-24)31(10-2-1-3-11-31)29(38)35-19-26(33)27-21-14-20-15-22(27)18-30(16-20,17-21)28(37)36-25-8-12-34-13-9-25/h4-9,12-13,20-22,26-27H,1-3,10-11,14-19,33H2,(H,35,38)(H,34,36,37). The lowest BCUT2D eigenvalue weighted by Gasteiger charge is -2.60. The molecule has 5 saturated carbocycles. The average Bonchev–Trinajstić information content (AvgIpc) is 2.92. The number of anilines is 1. The molecule has 6 nitrogen and oxygen atoms in total. The van der Waals surface area contributed by atoms with E-state index in [1.807, 2.05) is 12.1 Å². The fraction of sp³-hybridized carbons (Fsp3) is 0.581. The second kappa shape index (κ2) is 10.1. The molecule has 2 amide bonds. The predicted octanol–water partition coefficient (Wildman–Crippen LogP) is 4.95. The van der Waals surface area contributed by atoms with Gasteiger partial charge in [0.25, 0.3) is 0 Å². The van der Waals surface area contributed by atoms with Gasteiger partial charge in [-0.25, -0.2) is 4.39 Å². The van der Waals surface area contributed by atoms with E-state index in [4.69, 9.17) is 5.73 Å². The molecular formula is C31H39FN4O2. The number of pyridine rings is 1. The molecule has 4 bridgehead atoms. The summed E-state index contributed by atoms with van der Waals surface area (Å²) in [6, 6.07) is 10.0. The molecule has 5 aliphatic rings. The number of hydrogen-bond acceptors (Lipinski definition) is 4. The predicted molar refractivity (Wildman–Crippen MR) is 144 cm³/mol. The van der Waals surface area contributed by atoms with Gasteiger partial charge in [0.15, 0.2) is 0 Å². The zero-order chi connectivity index (χ0) is 26.3. The van der Waals surface area contributed by atoms with Crippen LogP contribution < -0.4 is 16.4 Å². The van der Waals surface area contributed by atoms with Crippen LogP contribution in [-0.2, 0) is 15.0 Å². The van der Waals surface area contributed by atoms with E-state index in [1.54, 1.807) is 24.5 Å². The molecule has 2 aromatic rings. The third-order valence-corrected chi connectivity index (χ3v) is 10.3. The van der Waals surface area contributed by atoms with Crippen LogP contribution in [0.15, 0.2) is 48.8 Å². The minimum Gasteiger partial charge on any atom is -0.354 e. The highest BCUT2D eigenvalue weighted by Gasteiger charge is 2.59. The number of rotatable bonds is 7. The normalized spacial score (nSPS) is 31.9. The molecule has 0 radical (unpaired) electrons. The Balaban J connectivity index is 1.13.